The van der Waals surface area contributed by atoms with Crippen molar-refractivity contribution in [2.45, 2.75) is 0 Å². The van der Waals surface area contributed by atoms with Gasteiger partial charge in [-0.2, -0.15) is 0 Å². The average molecular weight is 126 g/mol. The van der Waals surface area contributed by atoms with Crippen molar-refractivity contribution in [3.63, 3.8) is 0 Å². The quantitative estimate of drug-likeness (QED) is 0.491. The molecule has 0 aromatic carbocycles. The molecule has 2 rings (SSSR count). The SMILES string of the molecule is C1=[N+]C2=C(CNC2)S1. The van der Waals surface area contributed by atoms with Gasteiger partial charge in [0.05, 0.1) is 16.4 Å². The highest BCUT2D eigenvalue weighted by molar-refractivity contribution is 8.15. The Hall–Kier alpha value is -0.280. The van der Waals surface area contributed by atoms with E-state index in [0.29, 0.717) is 0 Å². The van der Waals surface area contributed by atoms with Crippen molar-refractivity contribution in [1.82, 2.24) is 10.3 Å². The van der Waals surface area contributed by atoms with Gasteiger partial charge in [0.25, 0.3) is 11.2 Å². The lowest BCUT2D eigenvalue weighted by molar-refractivity contribution is 0.860. The van der Waals surface area contributed by atoms with Crippen LogP contribution in [0.1, 0.15) is 0 Å². The van der Waals surface area contributed by atoms with Crippen LogP contribution in [0.5, 0.6) is 0 Å². The molecule has 2 aliphatic rings. The molecular weight excluding hydrogens is 120 g/mol. The van der Waals surface area contributed by atoms with Crippen LogP contribution in [0.2, 0.25) is 0 Å². The fourth-order valence-electron chi connectivity index (χ4n) is 0.876. The molecule has 1 radical (unpaired) electrons. The molecule has 3 heteroatoms. The monoisotopic (exact) mass is 126 g/mol. The summed E-state index contributed by atoms with van der Waals surface area (Å²) >= 11 is 1.74. The van der Waals surface area contributed by atoms with E-state index in [-0.39, 0.29) is 0 Å². The Morgan fingerprint density at radius 2 is 2.62 bits per heavy atom. The van der Waals surface area contributed by atoms with Gasteiger partial charge in [-0.1, -0.05) is 0 Å². The molecule has 0 saturated heterocycles. The fraction of sp³-hybridized carbons (Fsp3) is 0.400. The lowest BCUT2D eigenvalue weighted by Gasteiger charge is -1.83. The van der Waals surface area contributed by atoms with E-state index in [0.717, 1.165) is 13.1 Å². The maximum absolute atomic E-state index is 4.15. The predicted octanol–water partition coefficient (Wildman–Crippen LogP) is -0.0879. The summed E-state index contributed by atoms with van der Waals surface area (Å²) in [6, 6.07) is 0. The van der Waals surface area contributed by atoms with Gasteiger partial charge >= 0.3 is 0 Å². The molecule has 8 heavy (non-hydrogen) atoms. The van der Waals surface area contributed by atoms with Gasteiger partial charge < -0.3 is 5.32 Å². The van der Waals surface area contributed by atoms with Gasteiger partial charge in [0.15, 0.2) is 0 Å². The van der Waals surface area contributed by atoms with Crippen molar-refractivity contribution < 1.29 is 0 Å². The van der Waals surface area contributed by atoms with Crippen LogP contribution < -0.4 is 10.3 Å². The van der Waals surface area contributed by atoms with Crippen molar-refractivity contribution in [3.8, 4) is 0 Å². The van der Waals surface area contributed by atoms with Crippen LogP contribution in [0.15, 0.2) is 10.6 Å². The molecule has 0 amide bonds. The van der Waals surface area contributed by atoms with Gasteiger partial charge in [-0.3, -0.25) is 0 Å². The third-order valence-corrected chi connectivity index (χ3v) is 2.18. The normalized spacial score (nSPS) is 25.0. The molecule has 0 spiro atoms. The topological polar surface area (TPSA) is 26.1 Å². The van der Waals surface area contributed by atoms with Crippen molar-refractivity contribution >= 4 is 17.3 Å². The summed E-state index contributed by atoms with van der Waals surface area (Å²) in [7, 11) is 0. The molecule has 2 aliphatic heterocycles. The average Bonchev–Trinajstić information content (AvgIpc) is 2.15. The summed E-state index contributed by atoms with van der Waals surface area (Å²) in [5, 5.41) is 3.22. The number of nitrogens with one attached hydrogen (secondary N) is 1. The molecule has 0 unspecified atom stereocenters. The highest BCUT2D eigenvalue weighted by Gasteiger charge is 2.27. The van der Waals surface area contributed by atoms with Gasteiger partial charge in [0.1, 0.15) is 0 Å². The number of rotatable bonds is 0. The molecule has 0 bridgehead atoms. The van der Waals surface area contributed by atoms with Crippen LogP contribution in [0.4, 0.5) is 0 Å². The first kappa shape index (κ1) is 4.58. The number of nitrogens with zero attached hydrogens (tertiary/aromatic N) is 1. The molecule has 0 aromatic rings. The molecule has 0 atom stereocenters. The minimum absolute atomic E-state index is 0.971. The van der Waals surface area contributed by atoms with Crippen LogP contribution in [-0.4, -0.2) is 18.6 Å². The second kappa shape index (κ2) is 1.60. The van der Waals surface area contributed by atoms with Gasteiger partial charge in [-0.25, -0.2) is 0 Å². The van der Waals surface area contributed by atoms with Gasteiger partial charge in [-0.05, 0) is 11.8 Å². The van der Waals surface area contributed by atoms with E-state index < -0.39 is 0 Å². The Kier molecular flexibility index (Phi) is 0.917. The number of aliphatic imine (C=N–C) groups is 1. The molecule has 0 fully saturated rings. The minimum Gasteiger partial charge on any atom is -0.302 e. The van der Waals surface area contributed by atoms with E-state index in [4.69, 9.17) is 0 Å². The standard InChI is InChI=1S/C5H6N2S/c1-4-5(2-6-1)8-3-7-4/h3,6H,1-2H2/q+1. The highest BCUT2D eigenvalue weighted by atomic mass is 32.2. The Bertz CT molecular complexity index is 171. The first-order valence-corrected chi connectivity index (χ1v) is 3.47. The number of thioether (sulfide) groups is 1. The Morgan fingerprint density at radius 1 is 1.62 bits per heavy atom. The number of hydrogen-bond acceptors (Lipinski definition) is 3. The largest absolute Gasteiger partial charge is 0.302 e. The van der Waals surface area contributed by atoms with Crippen LogP contribution in [0.3, 0.4) is 0 Å². The van der Waals surface area contributed by atoms with Gasteiger partial charge in [0.2, 0.25) is 0 Å². The third kappa shape index (κ3) is 0.516. The van der Waals surface area contributed by atoms with E-state index in [2.05, 4.69) is 10.3 Å². The molecule has 2 heterocycles. The lowest BCUT2D eigenvalue weighted by atomic mass is 10.5. The van der Waals surface area contributed by atoms with Crippen molar-refractivity contribution in [2.75, 3.05) is 13.1 Å². The second-order valence-electron chi connectivity index (χ2n) is 1.83. The maximum Gasteiger partial charge on any atom is 0.281 e. The fourth-order valence-corrected chi connectivity index (χ4v) is 1.63. The van der Waals surface area contributed by atoms with Crippen molar-refractivity contribution in [2.24, 2.45) is 0 Å². The summed E-state index contributed by atoms with van der Waals surface area (Å²) in [5.41, 5.74) is 3.15. The van der Waals surface area contributed by atoms with E-state index in [9.17, 15) is 0 Å². The first-order chi connectivity index (χ1) is 3.97. The molecule has 1 N–H and O–H groups in total. The smallest absolute Gasteiger partial charge is 0.281 e. The zero-order valence-corrected chi connectivity index (χ0v) is 5.16. The van der Waals surface area contributed by atoms with E-state index in [1.165, 1.54) is 10.6 Å². The zero-order chi connectivity index (χ0) is 5.40. The van der Waals surface area contributed by atoms with E-state index in [1.807, 2.05) is 5.55 Å². The Balaban J connectivity index is 2.33. The van der Waals surface area contributed by atoms with E-state index in [1.54, 1.807) is 11.8 Å². The summed E-state index contributed by atoms with van der Waals surface area (Å²) in [4.78, 5) is 5.56. The molecule has 41 valence electrons. The molecule has 0 aromatic heterocycles. The van der Waals surface area contributed by atoms with Crippen molar-refractivity contribution in [1.29, 1.82) is 0 Å². The summed E-state index contributed by atoms with van der Waals surface area (Å²) in [6.07, 6.45) is 0. The van der Waals surface area contributed by atoms with Crippen LogP contribution in [-0.2, 0) is 0 Å². The zero-order valence-electron chi connectivity index (χ0n) is 4.35. The minimum atomic E-state index is 0.971. The lowest BCUT2D eigenvalue weighted by Crippen LogP contribution is -2.10. The number of hydrogen-bond donors (Lipinski definition) is 1. The van der Waals surface area contributed by atoms with Crippen LogP contribution in [0.25, 0.3) is 0 Å². The summed E-state index contributed by atoms with van der Waals surface area (Å²) < 4.78 is 0. The molecule has 0 aliphatic carbocycles. The predicted molar refractivity (Wildman–Crippen MR) is 35.7 cm³/mol. The van der Waals surface area contributed by atoms with Crippen LogP contribution in [0, 0.1) is 0 Å². The molecule has 0 saturated carbocycles. The maximum atomic E-state index is 4.15. The third-order valence-electron chi connectivity index (χ3n) is 1.30. The second-order valence-corrected chi connectivity index (χ2v) is 2.77. The molecular formula is C5H6N2S+. The summed E-state index contributed by atoms with van der Waals surface area (Å²) in [6.45, 7) is 2.00. The first-order valence-electron chi connectivity index (χ1n) is 2.59. The van der Waals surface area contributed by atoms with Crippen molar-refractivity contribution in [3.05, 3.63) is 10.6 Å². The van der Waals surface area contributed by atoms with Gasteiger partial charge in [-0.15, -0.1) is 0 Å². The van der Waals surface area contributed by atoms with Gasteiger partial charge in [0, 0.05) is 6.54 Å². The molecule has 2 nitrogen and oxygen atoms in total. The van der Waals surface area contributed by atoms with Crippen LogP contribution >= 0.6 is 11.8 Å². The summed E-state index contributed by atoms with van der Waals surface area (Å²) in [5.74, 6) is 0. The van der Waals surface area contributed by atoms with E-state index >= 15 is 0 Å². The Morgan fingerprint density at radius 3 is 3.50 bits per heavy atom. The Labute approximate surface area is 52.1 Å². The highest BCUT2D eigenvalue weighted by Crippen LogP contribution is 2.22.